The first-order valence-electron chi connectivity index (χ1n) is 10.2. The summed E-state index contributed by atoms with van der Waals surface area (Å²) >= 11 is 0. The zero-order valence-corrected chi connectivity index (χ0v) is 17.8. The summed E-state index contributed by atoms with van der Waals surface area (Å²) in [7, 11) is -3.58. The molecule has 2 fully saturated rings. The number of benzene rings is 1. The number of nitrogens with zero attached hydrogens (tertiary/aromatic N) is 3. The second-order valence-corrected chi connectivity index (χ2v) is 9.46. The van der Waals surface area contributed by atoms with Crippen LogP contribution in [0.4, 0.5) is 5.82 Å². The van der Waals surface area contributed by atoms with Crippen LogP contribution in [0.25, 0.3) is 0 Å². The zero-order valence-electron chi connectivity index (χ0n) is 16.9. The lowest BCUT2D eigenvalue weighted by Crippen LogP contribution is -2.51. The predicted octanol–water partition coefficient (Wildman–Crippen LogP) is 1.35. The molecule has 164 valence electrons. The SMILES string of the molecule is O=C(OCC(=O)N1CCN(S(=O)(=O)c2ccccc2)CC1)c1ccc(NC2CC2)nc1. The van der Waals surface area contributed by atoms with Gasteiger partial charge >= 0.3 is 5.97 Å². The summed E-state index contributed by atoms with van der Waals surface area (Å²) < 4.78 is 31.8. The molecule has 10 heteroatoms. The molecule has 1 aromatic carbocycles. The highest BCUT2D eigenvalue weighted by Crippen LogP contribution is 2.23. The molecule has 9 nitrogen and oxygen atoms in total. The van der Waals surface area contributed by atoms with Crippen molar-refractivity contribution >= 4 is 27.7 Å². The highest BCUT2D eigenvalue weighted by atomic mass is 32.2. The lowest BCUT2D eigenvalue weighted by Gasteiger charge is -2.33. The molecule has 1 N–H and O–H groups in total. The number of rotatable bonds is 7. The quantitative estimate of drug-likeness (QED) is 0.642. The zero-order chi connectivity index (χ0) is 21.8. The van der Waals surface area contributed by atoms with E-state index in [4.69, 9.17) is 4.74 Å². The van der Waals surface area contributed by atoms with Gasteiger partial charge in [0.15, 0.2) is 6.61 Å². The average Bonchev–Trinajstić information content (AvgIpc) is 3.62. The van der Waals surface area contributed by atoms with Gasteiger partial charge in [0.05, 0.1) is 10.5 Å². The summed E-state index contributed by atoms with van der Waals surface area (Å²) in [5, 5.41) is 3.23. The minimum atomic E-state index is -3.58. The molecule has 2 heterocycles. The third-order valence-corrected chi connectivity index (χ3v) is 7.14. The van der Waals surface area contributed by atoms with E-state index in [1.165, 1.54) is 15.4 Å². The number of anilines is 1. The van der Waals surface area contributed by atoms with Crippen LogP contribution >= 0.6 is 0 Å². The maximum atomic E-state index is 12.7. The van der Waals surface area contributed by atoms with Crippen molar-refractivity contribution in [3.8, 4) is 0 Å². The Labute approximate surface area is 181 Å². The molecule has 1 saturated carbocycles. The Kier molecular flexibility index (Phi) is 6.19. The van der Waals surface area contributed by atoms with Crippen molar-refractivity contribution in [3.05, 3.63) is 54.2 Å². The van der Waals surface area contributed by atoms with E-state index < -0.39 is 22.6 Å². The van der Waals surface area contributed by atoms with Crippen LogP contribution in [0.2, 0.25) is 0 Å². The van der Waals surface area contributed by atoms with E-state index >= 15 is 0 Å². The summed E-state index contributed by atoms with van der Waals surface area (Å²) in [5.41, 5.74) is 0.271. The Morgan fingerprint density at radius 3 is 2.35 bits per heavy atom. The third kappa shape index (κ3) is 5.20. The Balaban J connectivity index is 1.25. The molecule has 31 heavy (non-hydrogen) atoms. The van der Waals surface area contributed by atoms with Crippen molar-refractivity contribution in [1.82, 2.24) is 14.2 Å². The highest BCUT2D eigenvalue weighted by Gasteiger charge is 2.30. The van der Waals surface area contributed by atoms with Gasteiger partial charge in [0.2, 0.25) is 10.0 Å². The predicted molar refractivity (Wildman–Crippen MR) is 113 cm³/mol. The van der Waals surface area contributed by atoms with Crippen molar-refractivity contribution in [2.75, 3.05) is 38.1 Å². The fourth-order valence-electron chi connectivity index (χ4n) is 3.26. The smallest absolute Gasteiger partial charge is 0.340 e. The number of hydrogen-bond donors (Lipinski definition) is 1. The molecule has 1 amide bonds. The third-order valence-electron chi connectivity index (χ3n) is 5.23. The standard InChI is InChI=1S/C21H24N4O5S/c26-20(15-30-21(27)16-6-9-19(22-14-16)23-17-7-8-17)24-10-12-25(13-11-24)31(28,29)18-4-2-1-3-5-18/h1-6,9,14,17H,7-8,10-13,15H2,(H,22,23). The van der Waals surface area contributed by atoms with Gasteiger partial charge in [0, 0.05) is 38.4 Å². The van der Waals surface area contributed by atoms with Gasteiger partial charge in [-0.15, -0.1) is 0 Å². The number of nitrogens with one attached hydrogen (secondary N) is 1. The van der Waals surface area contributed by atoms with Crippen molar-refractivity contribution in [3.63, 3.8) is 0 Å². The van der Waals surface area contributed by atoms with Crippen molar-refractivity contribution in [1.29, 1.82) is 0 Å². The van der Waals surface area contributed by atoms with Crippen LogP contribution < -0.4 is 5.32 Å². The fraction of sp³-hybridized carbons (Fsp3) is 0.381. The van der Waals surface area contributed by atoms with Crippen LogP contribution in [0.15, 0.2) is 53.6 Å². The molecule has 1 aromatic heterocycles. The number of pyridine rings is 1. The Morgan fingerprint density at radius 1 is 1.03 bits per heavy atom. The molecule has 2 aliphatic rings. The first-order chi connectivity index (χ1) is 14.9. The van der Waals surface area contributed by atoms with Gasteiger partial charge in [-0.25, -0.2) is 18.2 Å². The van der Waals surface area contributed by atoms with E-state index in [0.29, 0.717) is 11.9 Å². The van der Waals surface area contributed by atoms with Crippen molar-refractivity contribution in [2.45, 2.75) is 23.8 Å². The minimum Gasteiger partial charge on any atom is -0.452 e. The van der Waals surface area contributed by atoms with Crippen LogP contribution in [0, 0.1) is 0 Å². The van der Waals surface area contributed by atoms with Gasteiger partial charge in [-0.3, -0.25) is 4.79 Å². The van der Waals surface area contributed by atoms with Crippen molar-refractivity contribution < 1.29 is 22.7 Å². The monoisotopic (exact) mass is 444 g/mol. The molecule has 1 aliphatic heterocycles. The van der Waals surface area contributed by atoms with E-state index in [2.05, 4.69) is 10.3 Å². The van der Waals surface area contributed by atoms with E-state index in [0.717, 1.165) is 12.8 Å². The molecule has 0 spiro atoms. The fourth-order valence-corrected chi connectivity index (χ4v) is 4.70. The van der Waals surface area contributed by atoms with E-state index in [-0.39, 0.29) is 42.5 Å². The first kappa shape index (κ1) is 21.3. The van der Waals surface area contributed by atoms with Crippen LogP contribution in [-0.2, 0) is 19.6 Å². The summed E-state index contributed by atoms with van der Waals surface area (Å²) in [4.78, 5) is 30.5. The number of sulfonamides is 1. The Bertz CT molecular complexity index is 1030. The van der Waals surface area contributed by atoms with E-state index in [1.807, 2.05) is 0 Å². The number of carbonyl (C=O) groups excluding carboxylic acids is 2. The van der Waals surface area contributed by atoms with Gasteiger partial charge in [0.25, 0.3) is 5.91 Å². The number of hydrogen-bond acceptors (Lipinski definition) is 7. The summed E-state index contributed by atoms with van der Waals surface area (Å²) in [6.45, 7) is 0.468. The number of ether oxygens (including phenoxy) is 1. The van der Waals surface area contributed by atoms with Crippen LogP contribution in [-0.4, -0.2) is 73.3 Å². The van der Waals surface area contributed by atoms with E-state index in [9.17, 15) is 18.0 Å². The molecule has 1 aliphatic carbocycles. The molecule has 0 atom stereocenters. The second-order valence-electron chi connectivity index (χ2n) is 7.52. The molecule has 0 unspecified atom stereocenters. The molecule has 0 bridgehead atoms. The maximum Gasteiger partial charge on any atom is 0.340 e. The Hall–Kier alpha value is -2.98. The normalized spacial score (nSPS) is 17.2. The van der Waals surface area contributed by atoms with Gasteiger partial charge in [-0.05, 0) is 37.1 Å². The number of carbonyl (C=O) groups is 2. The maximum absolute atomic E-state index is 12.7. The van der Waals surface area contributed by atoms with Crippen LogP contribution in [0.5, 0.6) is 0 Å². The first-order valence-corrected chi connectivity index (χ1v) is 11.6. The molecule has 4 rings (SSSR count). The number of piperazine rings is 1. The molecule has 2 aromatic rings. The molecular weight excluding hydrogens is 420 g/mol. The van der Waals surface area contributed by atoms with Gasteiger partial charge in [-0.1, -0.05) is 18.2 Å². The molecular formula is C21H24N4O5S. The lowest BCUT2D eigenvalue weighted by molar-refractivity contribution is -0.135. The van der Waals surface area contributed by atoms with Gasteiger partial charge in [-0.2, -0.15) is 4.31 Å². The van der Waals surface area contributed by atoms with Crippen molar-refractivity contribution in [2.24, 2.45) is 0 Å². The molecule has 0 radical (unpaired) electrons. The highest BCUT2D eigenvalue weighted by molar-refractivity contribution is 7.89. The summed E-state index contributed by atoms with van der Waals surface area (Å²) in [6, 6.07) is 12.0. The van der Waals surface area contributed by atoms with Gasteiger partial charge < -0.3 is 15.0 Å². The lowest BCUT2D eigenvalue weighted by atomic mass is 10.3. The summed E-state index contributed by atoms with van der Waals surface area (Å²) in [5.74, 6) is -0.271. The van der Waals surface area contributed by atoms with Gasteiger partial charge in [0.1, 0.15) is 5.82 Å². The van der Waals surface area contributed by atoms with Crippen LogP contribution in [0.1, 0.15) is 23.2 Å². The second kappa shape index (κ2) is 9.03. The van der Waals surface area contributed by atoms with E-state index in [1.54, 1.807) is 42.5 Å². The number of esters is 1. The topological polar surface area (TPSA) is 109 Å². The minimum absolute atomic E-state index is 0.191. The average molecular weight is 445 g/mol. The Morgan fingerprint density at radius 2 is 1.74 bits per heavy atom. The van der Waals surface area contributed by atoms with Crippen LogP contribution in [0.3, 0.4) is 0 Å². The largest absolute Gasteiger partial charge is 0.452 e. The molecule has 1 saturated heterocycles. The number of amides is 1. The number of aromatic nitrogens is 1. The summed E-state index contributed by atoms with van der Waals surface area (Å²) in [6.07, 6.45) is 3.67.